The van der Waals surface area contributed by atoms with Crippen LogP contribution in [0.3, 0.4) is 0 Å². The summed E-state index contributed by atoms with van der Waals surface area (Å²) in [7, 11) is 2.65. The minimum Gasteiger partial charge on any atom is -0.493 e. The Morgan fingerprint density at radius 2 is 2.00 bits per heavy atom. The number of carbonyl (C=O) groups excluding carboxylic acids is 1. The van der Waals surface area contributed by atoms with E-state index in [2.05, 4.69) is 24.9 Å². The molecule has 0 aliphatic carbocycles. The van der Waals surface area contributed by atoms with Gasteiger partial charge in [-0.25, -0.2) is 14.2 Å². The summed E-state index contributed by atoms with van der Waals surface area (Å²) < 4.78 is 41.6. The minimum absolute atomic E-state index is 0.0137. The van der Waals surface area contributed by atoms with Gasteiger partial charge in [0.25, 0.3) is 0 Å². The number of ether oxygens (including phenoxy) is 4. The number of fused-ring (bicyclic) bond motifs is 1. The Morgan fingerprint density at radius 3 is 2.63 bits per heavy atom. The number of halogens is 1. The lowest BCUT2D eigenvalue weighted by Crippen LogP contribution is -2.20. The van der Waals surface area contributed by atoms with Crippen LogP contribution in [0.15, 0.2) is 44.8 Å². The van der Waals surface area contributed by atoms with Crippen molar-refractivity contribution in [3.63, 3.8) is 0 Å². The van der Waals surface area contributed by atoms with Crippen LogP contribution in [-0.2, 0) is 16.1 Å². The van der Waals surface area contributed by atoms with Crippen molar-refractivity contribution in [2.45, 2.75) is 13.5 Å². The van der Waals surface area contributed by atoms with E-state index in [0.717, 1.165) is 11.8 Å². The zero-order valence-electron chi connectivity index (χ0n) is 19.3. The number of aliphatic imine (C=N–C) groups is 2. The van der Waals surface area contributed by atoms with Gasteiger partial charge in [0.2, 0.25) is 11.7 Å². The van der Waals surface area contributed by atoms with Crippen LogP contribution in [0.1, 0.15) is 17.0 Å². The SMILES string of the molecule is COC(=O)/N=C(\SC)C(=Nc1ccc(-c2noc(C)n2)cc1)c1cc(OC)c2c(c1F)COCO2. The molecule has 2 aromatic carbocycles. The van der Waals surface area contributed by atoms with Crippen molar-refractivity contribution in [1.82, 2.24) is 10.1 Å². The maximum atomic E-state index is 15.7. The average Bonchev–Trinajstić information content (AvgIpc) is 3.33. The van der Waals surface area contributed by atoms with Crippen LogP contribution < -0.4 is 9.47 Å². The molecule has 3 aromatic rings. The molecular weight excluding hydrogens is 479 g/mol. The van der Waals surface area contributed by atoms with Gasteiger partial charge in [-0.2, -0.15) is 9.98 Å². The monoisotopic (exact) mass is 500 g/mol. The molecule has 1 aliphatic heterocycles. The Bertz CT molecular complexity index is 1310. The number of carbonyl (C=O) groups is 1. The van der Waals surface area contributed by atoms with E-state index >= 15 is 4.39 Å². The van der Waals surface area contributed by atoms with Crippen LogP contribution in [0, 0.1) is 12.7 Å². The van der Waals surface area contributed by atoms with Gasteiger partial charge in [0.15, 0.2) is 18.3 Å². The molecule has 0 saturated heterocycles. The molecule has 1 aromatic heterocycles. The third-order valence-corrected chi connectivity index (χ3v) is 5.61. The van der Waals surface area contributed by atoms with Crippen LogP contribution in [0.5, 0.6) is 11.5 Å². The topological polar surface area (TPSA) is 118 Å². The molecule has 12 heteroatoms. The van der Waals surface area contributed by atoms with Crippen molar-refractivity contribution in [2.24, 2.45) is 9.98 Å². The van der Waals surface area contributed by atoms with Crippen LogP contribution in [0.25, 0.3) is 11.4 Å². The number of aryl methyl sites for hydroxylation is 1. The van der Waals surface area contributed by atoms with E-state index in [4.69, 9.17) is 18.7 Å². The normalized spacial score (nSPS) is 13.7. The van der Waals surface area contributed by atoms with E-state index in [-0.39, 0.29) is 41.0 Å². The van der Waals surface area contributed by atoms with Crippen molar-refractivity contribution in [1.29, 1.82) is 0 Å². The Labute approximate surface area is 204 Å². The highest BCUT2D eigenvalue weighted by Gasteiger charge is 2.27. The van der Waals surface area contributed by atoms with Gasteiger partial charge in [0.1, 0.15) is 16.6 Å². The number of nitrogens with zero attached hydrogens (tertiary/aromatic N) is 4. The zero-order valence-corrected chi connectivity index (χ0v) is 20.1. The second-order valence-electron chi connectivity index (χ2n) is 7.09. The summed E-state index contributed by atoms with van der Waals surface area (Å²) >= 11 is 1.11. The fourth-order valence-electron chi connectivity index (χ4n) is 3.30. The molecule has 0 atom stereocenters. The number of hydrogen-bond acceptors (Lipinski definition) is 10. The summed E-state index contributed by atoms with van der Waals surface area (Å²) in [5, 5.41) is 4.04. The van der Waals surface area contributed by atoms with E-state index in [0.29, 0.717) is 28.7 Å². The number of rotatable bonds is 5. The average molecular weight is 501 g/mol. The number of aromatic nitrogens is 2. The van der Waals surface area contributed by atoms with Crippen molar-refractivity contribution < 1.29 is 32.7 Å². The van der Waals surface area contributed by atoms with Crippen LogP contribution >= 0.6 is 11.8 Å². The van der Waals surface area contributed by atoms with E-state index in [1.165, 1.54) is 20.3 Å². The maximum Gasteiger partial charge on any atom is 0.434 e. The highest BCUT2D eigenvalue weighted by molar-refractivity contribution is 8.15. The van der Waals surface area contributed by atoms with Gasteiger partial charge in [-0.05, 0) is 36.6 Å². The molecule has 0 fully saturated rings. The highest BCUT2D eigenvalue weighted by atomic mass is 32.2. The lowest BCUT2D eigenvalue weighted by atomic mass is 10.0. The second-order valence-corrected chi connectivity index (χ2v) is 7.89. The molecule has 0 radical (unpaired) electrons. The zero-order chi connectivity index (χ0) is 24.9. The first-order valence-corrected chi connectivity index (χ1v) is 11.5. The fourth-order valence-corrected chi connectivity index (χ4v) is 3.82. The van der Waals surface area contributed by atoms with Gasteiger partial charge in [-0.3, -0.25) is 0 Å². The first-order valence-electron chi connectivity index (χ1n) is 10.3. The molecule has 1 aliphatic rings. The molecule has 0 spiro atoms. The van der Waals surface area contributed by atoms with Crippen molar-refractivity contribution >= 4 is 34.3 Å². The Hall–Kier alpha value is -3.77. The van der Waals surface area contributed by atoms with Gasteiger partial charge < -0.3 is 23.5 Å². The van der Waals surface area contributed by atoms with Crippen LogP contribution in [0.4, 0.5) is 14.9 Å². The van der Waals surface area contributed by atoms with E-state index in [1.807, 2.05) is 0 Å². The standard InChI is InChI=1S/C23H21FN4O6S/c1-12-25-21(28-34-12)13-5-7-14(8-6-13)26-19(22(35-4)27-23(29)31-3)15-9-17(30-2)20-16(18(15)24)10-32-11-33-20/h5-9H,10-11H2,1-4H3/b26-19?,27-22-. The predicted octanol–water partition coefficient (Wildman–Crippen LogP) is 4.71. The van der Waals surface area contributed by atoms with Crippen LogP contribution in [-0.4, -0.2) is 54.3 Å². The molecule has 10 nitrogen and oxygen atoms in total. The Kier molecular flexibility index (Phi) is 7.42. The number of methoxy groups -OCH3 is 2. The lowest BCUT2D eigenvalue weighted by Gasteiger charge is -2.22. The highest BCUT2D eigenvalue weighted by Crippen LogP contribution is 2.39. The molecule has 1 amide bonds. The summed E-state index contributed by atoms with van der Waals surface area (Å²) in [6, 6.07) is 8.37. The minimum atomic E-state index is -0.845. The number of benzene rings is 2. The van der Waals surface area contributed by atoms with Crippen LogP contribution in [0.2, 0.25) is 0 Å². The summed E-state index contributed by atoms with van der Waals surface area (Å²) in [5.74, 6) is 0.812. The molecular formula is C23H21FN4O6S. The first-order chi connectivity index (χ1) is 16.9. The van der Waals surface area contributed by atoms with Crippen molar-refractivity contribution in [3.8, 4) is 22.9 Å². The molecule has 35 heavy (non-hydrogen) atoms. The summed E-state index contributed by atoms with van der Waals surface area (Å²) in [6.07, 6.45) is 0.848. The number of hydrogen-bond donors (Lipinski definition) is 0. The molecule has 0 bridgehead atoms. The molecule has 0 unspecified atom stereocenters. The predicted molar refractivity (Wildman–Crippen MR) is 127 cm³/mol. The van der Waals surface area contributed by atoms with Gasteiger partial charge >= 0.3 is 6.09 Å². The third kappa shape index (κ3) is 5.17. The van der Waals surface area contributed by atoms with E-state index in [9.17, 15) is 4.79 Å². The Morgan fingerprint density at radius 1 is 1.23 bits per heavy atom. The fraction of sp³-hybridized carbons (Fsp3) is 0.261. The van der Waals surface area contributed by atoms with Crippen molar-refractivity contribution in [2.75, 3.05) is 27.3 Å². The Balaban J connectivity index is 1.86. The first kappa shape index (κ1) is 24.4. The quantitative estimate of drug-likeness (QED) is 0.363. The molecule has 4 rings (SSSR count). The summed E-state index contributed by atoms with van der Waals surface area (Å²) in [6.45, 7) is 1.67. The number of thioether (sulfide) groups is 1. The largest absolute Gasteiger partial charge is 0.493 e. The summed E-state index contributed by atoms with van der Waals surface area (Å²) in [4.78, 5) is 24.7. The van der Waals surface area contributed by atoms with Crippen molar-refractivity contribution in [3.05, 3.63) is 53.2 Å². The third-order valence-electron chi connectivity index (χ3n) is 4.94. The molecule has 2 heterocycles. The lowest BCUT2D eigenvalue weighted by molar-refractivity contribution is -0.0199. The molecule has 0 N–H and O–H groups in total. The smallest absolute Gasteiger partial charge is 0.434 e. The van der Waals surface area contributed by atoms with Gasteiger partial charge in [0, 0.05) is 18.1 Å². The molecule has 182 valence electrons. The van der Waals surface area contributed by atoms with Gasteiger partial charge in [-0.1, -0.05) is 5.16 Å². The second kappa shape index (κ2) is 10.7. The molecule has 0 saturated carbocycles. The van der Waals surface area contributed by atoms with E-state index < -0.39 is 11.9 Å². The van der Waals surface area contributed by atoms with E-state index in [1.54, 1.807) is 37.4 Å². The number of amides is 1. The van der Waals surface area contributed by atoms with Gasteiger partial charge in [-0.15, -0.1) is 11.8 Å². The van der Waals surface area contributed by atoms with Gasteiger partial charge in [0.05, 0.1) is 32.1 Å². The maximum absolute atomic E-state index is 15.7. The summed E-state index contributed by atoms with van der Waals surface area (Å²) in [5.41, 5.74) is 1.53.